The Bertz CT molecular complexity index is 274. The van der Waals surface area contributed by atoms with E-state index in [4.69, 9.17) is 4.74 Å². The molecule has 0 aliphatic heterocycles. The van der Waals surface area contributed by atoms with Crippen LogP contribution in [0.15, 0.2) is 6.33 Å². The molecule has 5 heteroatoms. The number of hydrogen-bond acceptors (Lipinski definition) is 4. The van der Waals surface area contributed by atoms with E-state index in [-0.39, 0.29) is 0 Å². The maximum absolute atomic E-state index is 5.04. The molecule has 1 aromatic rings. The Kier molecular flexibility index (Phi) is 5.28. The first-order chi connectivity index (χ1) is 7.27. The van der Waals surface area contributed by atoms with Crippen molar-refractivity contribution in [3.8, 4) is 0 Å². The van der Waals surface area contributed by atoms with Crippen LogP contribution in [0, 0.1) is 0 Å². The summed E-state index contributed by atoms with van der Waals surface area (Å²) < 4.78 is 7.12. The third-order valence-electron chi connectivity index (χ3n) is 2.27. The van der Waals surface area contributed by atoms with Gasteiger partial charge in [0.1, 0.15) is 12.2 Å². The standard InChI is InChI=1S/C10H20N4O/c1-4-10-13-12-8-14(10)6-5-11-9(2)7-15-3/h8-9,11H,4-7H2,1-3H3. The normalized spacial score (nSPS) is 13.0. The molecule has 0 bridgehead atoms. The summed E-state index contributed by atoms with van der Waals surface area (Å²) >= 11 is 0. The zero-order valence-corrected chi connectivity index (χ0v) is 9.73. The molecule has 0 aliphatic carbocycles. The lowest BCUT2D eigenvalue weighted by Crippen LogP contribution is -2.32. The average Bonchev–Trinajstić information content (AvgIpc) is 2.66. The maximum atomic E-state index is 5.04. The highest BCUT2D eigenvalue weighted by Gasteiger charge is 2.02. The molecular weight excluding hydrogens is 192 g/mol. The van der Waals surface area contributed by atoms with Crippen LogP contribution in [-0.2, 0) is 17.7 Å². The summed E-state index contributed by atoms with van der Waals surface area (Å²) in [6.45, 7) is 6.75. The smallest absolute Gasteiger partial charge is 0.132 e. The first kappa shape index (κ1) is 12.1. The van der Waals surface area contributed by atoms with Crippen molar-refractivity contribution in [2.75, 3.05) is 20.3 Å². The van der Waals surface area contributed by atoms with Crippen molar-refractivity contribution in [2.45, 2.75) is 32.9 Å². The predicted molar refractivity (Wildman–Crippen MR) is 58.7 cm³/mol. The highest BCUT2D eigenvalue weighted by Crippen LogP contribution is 1.95. The number of nitrogens with one attached hydrogen (secondary N) is 1. The quantitative estimate of drug-likeness (QED) is 0.713. The van der Waals surface area contributed by atoms with Crippen LogP contribution in [0.5, 0.6) is 0 Å². The summed E-state index contributed by atoms with van der Waals surface area (Å²) in [5, 5.41) is 11.3. The molecule has 0 saturated heterocycles. The molecule has 1 aromatic heterocycles. The molecule has 0 radical (unpaired) electrons. The van der Waals surface area contributed by atoms with E-state index in [0.29, 0.717) is 6.04 Å². The van der Waals surface area contributed by atoms with Gasteiger partial charge in [0.05, 0.1) is 6.61 Å². The Balaban J connectivity index is 2.25. The Labute approximate surface area is 90.8 Å². The fourth-order valence-electron chi connectivity index (χ4n) is 1.48. The van der Waals surface area contributed by atoms with Crippen LogP contribution in [0.1, 0.15) is 19.7 Å². The lowest BCUT2D eigenvalue weighted by molar-refractivity contribution is 0.172. The van der Waals surface area contributed by atoms with Gasteiger partial charge < -0.3 is 14.6 Å². The molecule has 0 fully saturated rings. The number of methoxy groups -OCH3 is 1. The minimum absolute atomic E-state index is 0.386. The summed E-state index contributed by atoms with van der Waals surface area (Å²) in [4.78, 5) is 0. The van der Waals surface area contributed by atoms with Crippen LogP contribution in [-0.4, -0.2) is 41.1 Å². The molecule has 1 unspecified atom stereocenters. The number of aryl methyl sites for hydroxylation is 1. The van der Waals surface area contributed by atoms with Crippen molar-refractivity contribution in [1.29, 1.82) is 0 Å². The Morgan fingerprint density at radius 1 is 1.60 bits per heavy atom. The second kappa shape index (κ2) is 6.53. The van der Waals surface area contributed by atoms with Crippen molar-refractivity contribution >= 4 is 0 Å². The highest BCUT2D eigenvalue weighted by atomic mass is 16.5. The van der Waals surface area contributed by atoms with E-state index in [1.807, 2.05) is 0 Å². The minimum atomic E-state index is 0.386. The van der Waals surface area contributed by atoms with Crippen LogP contribution in [0.3, 0.4) is 0 Å². The molecule has 5 nitrogen and oxygen atoms in total. The average molecular weight is 212 g/mol. The van der Waals surface area contributed by atoms with Gasteiger partial charge in [-0.15, -0.1) is 10.2 Å². The molecule has 1 atom stereocenters. The van der Waals surface area contributed by atoms with Gasteiger partial charge in [0.25, 0.3) is 0 Å². The van der Waals surface area contributed by atoms with Gasteiger partial charge >= 0.3 is 0 Å². The first-order valence-corrected chi connectivity index (χ1v) is 5.37. The lowest BCUT2D eigenvalue weighted by atomic mass is 10.3. The van der Waals surface area contributed by atoms with Gasteiger partial charge in [-0.3, -0.25) is 0 Å². The maximum Gasteiger partial charge on any atom is 0.132 e. The Morgan fingerprint density at radius 3 is 3.07 bits per heavy atom. The number of rotatable bonds is 7. The van der Waals surface area contributed by atoms with E-state index < -0.39 is 0 Å². The molecule has 1 rings (SSSR count). The van der Waals surface area contributed by atoms with Gasteiger partial charge in [-0.2, -0.15) is 0 Å². The van der Waals surface area contributed by atoms with Crippen molar-refractivity contribution in [3.63, 3.8) is 0 Å². The first-order valence-electron chi connectivity index (χ1n) is 5.37. The van der Waals surface area contributed by atoms with E-state index in [0.717, 1.165) is 31.9 Å². The van der Waals surface area contributed by atoms with Crippen molar-refractivity contribution in [1.82, 2.24) is 20.1 Å². The van der Waals surface area contributed by atoms with Crippen molar-refractivity contribution in [2.24, 2.45) is 0 Å². The largest absolute Gasteiger partial charge is 0.383 e. The molecule has 86 valence electrons. The van der Waals surface area contributed by atoms with E-state index in [9.17, 15) is 0 Å². The summed E-state index contributed by atoms with van der Waals surface area (Å²) in [5.41, 5.74) is 0. The molecular formula is C10H20N4O. The van der Waals surface area contributed by atoms with Crippen LogP contribution in [0.2, 0.25) is 0 Å². The third kappa shape index (κ3) is 3.97. The Hall–Kier alpha value is -0.940. The van der Waals surface area contributed by atoms with Crippen LogP contribution < -0.4 is 5.32 Å². The van der Waals surface area contributed by atoms with Gasteiger partial charge in [-0.1, -0.05) is 6.92 Å². The van der Waals surface area contributed by atoms with Crippen LogP contribution >= 0.6 is 0 Å². The molecule has 1 heterocycles. The number of hydrogen-bond donors (Lipinski definition) is 1. The lowest BCUT2D eigenvalue weighted by Gasteiger charge is -2.13. The van der Waals surface area contributed by atoms with Crippen LogP contribution in [0.25, 0.3) is 0 Å². The van der Waals surface area contributed by atoms with E-state index in [1.165, 1.54) is 0 Å². The molecule has 0 aliphatic rings. The zero-order valence-electron chi connectivity index (χ0n) is 9.73. The van der Waals surface area contributed by atoms with Crippen molar-refractivity contribution in [3.05, 3.63) is 12.2 Å². The summed E-state index contributed by atoms with van der Waals surface area (Å²) in [5.74, 6) is 1.04. The van der Waals surface area contributed by atoms with E-state index >= 15 is 0 Å². The topological polar surface area (TPSA) is 52.0 Å². The second-order valence-electron chi connectivity index (χ2n) is 3.60. The minimum Gasteiger partial charge on any atom is -0.383 e. The zero-order chi connectivity index (χ0) is 11.1. The summed E-state index contributed by atoms with van der Waals surface area (Å²) in [6.07, 6.45) is 2.70. The van der Waals surface area contributed by atoms with E-state index in [2.05, 4.69) is 33.9 Å². The predicted octanol–water partition coefficient (Wildman–Crippen LogP) is 0.465. The Morgan fingerprint density at radius 2 is 2.40 bits per heavy atom. The van der Waals surface area contributed by atoms with Gasteiger partial charge in [-0.25, -0.2) is 0 Å². The fraction of sp³-hybridized carbons (Fsp3) is 0.800. The number of aromatic nitrogens is 3. The van der Waals surface area contributed by atoms with Crippen LogP contribution in [0.4, 0.5) is 0 Å². The molecule has 0 amide bonds. The molecule has 0 saturated carbocycles. The second-order valence-corrected chi connectivity index (χ2v) is 3.60. The third-order valence-corrected chi connectivity index (χ3v) is 2.27. The highest BCUT2D eigenvalue weighted by molar-refractivity contribution is 4.84. The molecule has 0 aromatic carbocycles. The van der Waals surface area contributed by atoms with Crippen molar-refractivity contribution < 1.29 is 4.74 Å². The monoisotopic (exact) mass is 212 g/mol. The van der Waals surface area contributed by atoms with Gasteiger partial charge in [0.2, 0.25) is 0 Å². The molecule has 1 N–H and O–H groups in total. The number of nitrogens with zero attached hydrogens (tertiary/aromatic N) is 3. The number of ether oxygens (including phenoxy) is 1. The van der Waals surface area contributed by atoms with Gasteiger partial charge in [0, 0.05) is 32.7 Å². The van der Waals surface area contributed by atoms with E-state index in [1.54, 1.807) is 13.4 Å². The fourth-order valence-corrected chi connectivity index (χ4v) is 1.48. The SMILES string of the molecule is CCc1nncn1CCNC(C)COC. The summed E-state index contributed by atoms with van der Waals surface area (Å²) in [7, 11) is 1.72. The summed E-state index contributed by atoms with van der Waals surface area (Å²) in [6, 6.07) is 0.386. The van der Waals surface area contributed by atoms with Gasteiger partial charge in [-0.05, 0) is 6.92 Å². The molecule has 15 heavy (non-hydrogen) atoms. The van der Waals surface area contributed by atoms with Gasteiger partial charge in [0.15, 0.2) is 0 Å². The molecule has 0 spiro atoms.